The first-order chi connectivity index (χ1) is 25.6. The van der Waals surface area contributed by atoms with Crippen LogP contribution in [0.25, 0.3) is 11.0 Å². The number of esters is 5. The molecule has 0 spiro atoms. The summed E-state index contributed by atoms with van der Waals surface area (Å²) in [6.07, 6.45) is -7.01. The van der Waals surface area contributed by atoms with Crippen LogP contribution >= 0.6 is 0 Å². The third-order valence-corrected chi connectivity index (χ3v) is 8.02. The van der Waals surface area contributed by atoms with Crippen molar-refractivity contribution in [3.63, 3.8) is 0 Å². The molecule has 3 aromatic rings. The van der Waals surface area contributed by atoms with Crippen LogP contribution in [0, 0.1) is 0 Å². The lowest BCUT2D eigenvalue weighted by Crippen LogP contribution is -2.68. The number of hydrogen-bond acceptors (Lipinski definition) is 16. The molecule has 4 rings (SSSR count). The number of carbonyl (C=O) groups is 6. The van der Waals surface area contributed by atoms with E-state index in [9.17, 15) is 38.7 Å². The van der Waals surface area contributed by atoms with E-state index in [-0.39, 0.29) is 29.9 Å². The molecule has 1 saturated heterocycles. The molecule has 2 aromatic carbocycles. The lowest BCUT2D eigenvalue weighted by molar-refractivity contribution is -0.335. The first kappa shape index (κ1) is 41.1. The van der Waals surface area contributed by atoms with Crippen molar-refractivity contribution in [2.45, 2.75) is 90.3 Å². The highest BCUT2D eigenvalue weighted by Gasteiger charge is 2.55. The van der Waals surface area contributed by atoms with Crippen LogP contribution in [0.15, 0.2) is 63.8 Å². The Bertz CT molecular complexity index is 1910. The highest BCUT2D eigenvalue weighted by molar-refractivity contribution is 5.88. The smallest absolute Gasteiger partial charge is 0.336 e. The largest absolute Gasteiger partial charge is 0.462 e. The van der Waals surface area contributed by atoms with Crippen LogP contribution in [0.1, 0.15) is 52.2 Å². The number of benzene rings is 2. The van der Waals surface area contributed by atoms with Crippen LogP contribution in [-0.2, 0) is 70.2 Å². The molecule has 0 unspecified atom stereocenters. The van der Waals surface area contributed by atoms with Crippen molar-refractivity contribution in [3.8, 4) is 5.75 Å². The van der Waals surface area contributed by atoms with E-state index in [1.807, 2.05) is 0 Å². The quantitative estimate of drug-likeness (QED) is 0.0975. The van der Waals surface area contributed by atoms with Gasteiger partial charge in [-0.1, -0.05) is 30.3 Å². The Morgan fingerprint density at radius 1 is 0.889 bits per heavy atom. The predicted molar refractivity (Wildman–Crippen MR) is 183 cm³/mol. The summed E-state index contributed by atoms with van der Waals surface area (Å²) < 4.78 is 44.7. The monoisotopic (exact) mass is 755 g/mol. The van der Waals surface area contributed by atoms with Gasteiger partial charge in [0.25, 0.3) is 0 Å². The van der Waals surface area contributed by atoms with E-state index in [1.165, 1.54) is 25.1 Å². The second-order valence-corrected chi connectivity index (χ2v) is 12.4. The van der Waals surface area contributed by atoms with Gasteiger partial charge in [-0.15, -0.1) is 0 Å². The van der Waals surface area contributed by atoms with Gasteiger partial charge in [-0.05, 0) is 23.3 Å². The summed E-state index contributed by atoms with van der Waals surface area (Å²) in [5.74, 6) is -6.56. The summed E-state index contributed by atoms with van der Waals surface area (Å²) in [6.45, 7) is 3.94. The lowest BCUT2D eigenvalue weighted by Gasteiger charge is -2.49. The van der Waals surface area contributed by atoms with Crippen LogP contribution in [0.4, 0.5) is 0 Å². The normalized spacial score (nSPS) is 20.5. The summed E-state index contributed by atoms with van der Waals surface area (Å²) in [7, 11) is 0. The number of nitrogens with one attached hydrogen (secondary N) is 1. The number of ether oxygens (including phenoxy) is 7. The molecule has 1 fully saturated rings. The number of aliphatic hydroxyl groups excluding tert-OH is 1. The first-order valence-electron chi connectivity index (χ1n) is 16.7. The van der Waals surface area contributed by atoms with E-state index in [1.54, 1.807) is 30.3 Å². The van der Waals surface area contributed by atoms with Gasteiger partial charge in [0.05, 0.1) is 25.7 Å². The van der Waals surface area contributed by atoms with Gasteiger partial charge in [0, 0.05) is 58.6 Å². The zero-order chi connectivity index (χ0) is 39.6. The SMILES string of the molecule is CC(=O)OC[C@@H](OC(C)=O)[C@@H](OC(C)=O)[C@@H]1O[C@](CO)(OCc2ccccc2)C[C@H](OC(C)=O)[C@H]1NC(=O)Cc1cc(=O)oc2cc(OC(C)=O)ccc12. The minimum absolute atomic E-state index is 0.0219. The van der Waals surface area contributed by atoms with Gasteiger partial charge in [0.15, 0.2) is 18.0 Å². The summed E-state index contributed by atoms with van der Waals surface area (Å²) in [6, 6.07) is 12.7. The molecule has 1 aliphatic rings. The van der Waals surface area contributed by atoms with E-state index in [0.29, 0.717) is 10.9 Å². The van der Waals surface area contributed by atoms with Crippen molar-refractivity contribution in [2.75, 3.05) is 13.2 Å². The van der Waals surface area contributed by atoms with Gasteiger partial charge in [-0.25, -0.2) is 4.79 Å². The van der Waals surface area contributed by atoms with Gasteiger partial charge in [-0.3, -0.25) is 28.8 Å². The fourth-order valence-electron chi connectivity index (χ4n) is 5.97. The Morgan fingerprint density at radius 2 is 1.59 bits per heavy atom. The topological polar surface area (TPSA) is 229 Å². The Kier molecular flexibility index (Phi) is 14.0. The maximum atomic E-state index is 13.9. The van der Waals surface area contributed by atoms with Crippen LogP contribution in [0.5, 0.6) is 5.75 Å². The molecule has 17 heteroatoms. The summed E-state index contributed by atoms with van der Waals surface area (Å²) >= 11 is 0. The van der Waals surface area contributed by atoms with Crippen LogP contribution < -0.4 is 15.7 Å². The van der Waals surface area contributed by atoms with Gasteiger partial charge in [-0.2, -0.15) is 0 Å². The molecule has 290 valence electrons. The number of hydrogen-bond donors (Lipinski definition) is 2. The molecule has 2 heterocycles. The van der Waals surface area contributed by atoms with Crippen molar-refractivity contribution in [1.29, 1.82) is 0 Å². The molecular formula is C37H41NO16. The summed E-state index contributed by atoms with van der Waals surface area (Å²) in [5.41, 5.74) is 0.0858. The third kappa shape index (κ3) is 11.4. The highest BCUT2D eigenvalue weighted by atomic mass is 16.7. The minimum Gasteiger partial charge on any atom is -0.462 e. The maximum Gasteiger partial charge on any atom is 0.336 e. The number of aliphatic hydroxyl groups is 1. The van der Waals surface area contributed by atoms with Crippen molar-refractivity contribution in [2.24, 2.45) is 0 Å². The van der Waals surface area contributed by atoms with E-state index >= 15 is 0 Å². The van der Waals surface area contributed by atoms with E-state index in [0.717, 1.165) is 33.8 Å². The Balaban J connectivity index is 1.79. The molecule has 1 aliphatic heterocycles. The average molecular weight is 756 g/mol. The molecule has 0 radical (unpaired) electrons. The predicted octanol–water partition coefficient (Wildman–Crippen LogP) is 1.80. The average Bonchev–Trinajstić information content (AvgIpc) is 3.08. The molecule has 0 bridgehead atoms. The second-order valence-electron chi connectivity index (χ2n) is 12.4. The van der Waals surface area contributed by atoms with Crippen molar-refractivity contribution >= 4 is 46.7 Å². The molecule has 2 N–H and O–H groups in total. The van der Waals surface area contributed by atoms with Gasteiger partial charge >= 0.3 is 35.5 Å². The Morgan fingerprint density at radius 3 is 2.20 bits per heavy atom. The number of carbonyl (C=O) groups excluding carboxylic acids is 6. The second kappa shape index (κ2) is 18.4. The molecule has 17 nitrogen and oxygen atoms in total. The van der Waals surface area contributed by atoms with E-state index in [4.69, 9.17) is 37.6 Å². The number of rotatable bonds is 15. The number of fused-ring (bicyclic) bond motifs is 1. The van der Waals surface area contributed by atoms with Gasteiger partial charge < -0.3 is 48.0 Å². The van der Waals surface area contributed by atoms with Crippen molar-refractivity contribution in [1.82, 2.24) is 5.32 Å². The lowest BCUT2D eigenvalue weighted by atomic mass is 9.88. The van der Waals surface area contributed by atoms with Crippen LogP contribution in [0.3, 0.4) is 0 Å². The van der Waals surface area contributed by atoms with E-state index in [2.05, 4.69) is 5.32 Å². The standard InChI is InChI=1S/C37H41NO16/c1-20(40)47-18-31(51-23(4)43)35(52-24(5)44)36-34(30(50-22(3)42)16-37(19-39,54-36)48-17-25-9-7-6-8-10-25)38-32(45)13-26-14-33(46)53-29-15-27(49-21(2)41)11-12-28(26)29/h6-12,14-15,30-31,34-36,39H,13,16-19H2,1-5H3,(H,38,45)/t30-,31+,34+,35+,36+,37+/m0/s1. The van der Waals surface area contributed by atoms with Gasteiger partial charge in [0.2, 0.25) is 5.91 Å². The molecule has 54 heavy (non-hydrogen) atoms. The minimum atomic E-state index is -1.96. The summed E-state index contributed by atoms with van der Waals surface area (Å²) in [4.78, 5) is 87.2. The molecule has 0 saturated carbocycles. The van der Waals surface area contributed by atoms with E-state index < -0.39 is 97.3 Å². The summed E-state index contributed by atoms with van der Waals surface area (Å²) in [5, 5.41) is 13.8. The van der Waals surface area contributed by atoms with Crippen LogP contribution in [-0.4, -0.2) is 90.3 Å². The molecule has 0 aliphatic carbocycles. The fraction of sp³-hybridized carbons (Fsp3) is 0.432. The fourth-order valence-corrected chi connectivity index (χ4v) is 5.97. The van der Waals surface area contributed by atoms with Gasteiger partial charge in [0.1, 0.15) is 30.1 Å². The maximum absolute atomic E-state index is 13.9. The first-order valence-corrected chi connectivity index (χ1v) is 16.7. The zero-order valence-corrected chi connectivity index (χ0v) is 30.2. The van der Waals surface area contributed by atoms with Crippen molar-refractivity contribution < 1.29 is 71.4 Å². The van der Waals surface area contributed by atoms with Crippen molar-refractivity contribution in [3.05, 3.63) is 76.1 Å². The molecule has 6 atom stereocenters. The Labute approximate surface area is 308 Å². The molecule has 1 amide bonds. The zero-order valence-electron chi connectivity index (χ0n) is 30.2. The molecular weight excluding hydrogens is 714 g/mol. The highest BCUT2D eigenvalue weighted by Crippen LogP contribution is 2.37. The Hall–Kier alpha value is -5.65. The molecule has 1 aromatic heterocycles. The number of amides is 1. The third-order valence-electron chi connectivity index (χ3n) is 8.02. The van der Waals surface area contributed by atoms with Crippen LogP contribution in [0.2, 0.25) is 0 Å².